The number of carbonyl (C=O) groups excluding carboxylic acids is 1. The van der Waals surface area contributed by atoms with Gasteiger partial charge in [-0.1, -0.05) is 29.8 Å². The Morgan fingerprint density at radius 3 is 2.36 bits per heavy atom. The molecule has 4 heteroatoms. The number of rotatable bonds is 2. The van der Waals surface area contributed by atoms with Crippen LogP contribution in [0.15, 0.2) is 66.6 Å². The molecule has 3 aromatic rings. The molecule has 0 bridgehead atoms. The van der Waals surface area contributed by atoms with Crippen LogP contribution in [-0.4, -0.2) is 15.9 Å². The van der Waals surface area contributed by atoms with Gasteiger partial charge < -0.3 is 10.1 Å². The number of hydrogen-bond donors (Lipinski definition) is 1. The van der Waals surface area contributed by atoms with Crippen molar-refractivity contribution in [1.29, 1.82) is 0 Å². The molecule has 3 nitrogen and oxygen atoms in total. The molecule has 1 radical (unpaired) electrons. The number of aromatic nitrogens is 1. The number of nitrogens with zero attached hydrogens (tertiary/aromatic N) is 1. The number of carbonyl (C=O) groups is 1. The van der Waals surface area contributed by atoms with Crippen LogP contribution >= 0.6 is 0 Å². The molecule has 0 aliphatic heterocycles. The Hall–Kier alpha value is -2.29. The van der Waals surface area contributed by atoms with E-state index in [1.54, 1.807) is 0 Å². The Bertz CT molecular complexity index is 869. The molecule has 0 unspecified atom stereocenters. The summed E-state index contributed by atoms with van der Waals surface area (Å²) in [6, 6.07) is 19.5. The van der Waals surface area contributed by atoms with Crippen molar-refractivity contribution in [3.63, 3.8) is 0 Å². The Labute approximate surface area is 161 Å². The molecule has 2 aromatic carbocycles. The third-order valence-corrected chi connectivity index (χ3v) is 3.43. The second kappa shape index (κ2) is 9.87. The van der Waals surface area contributed by atoms with E-state index in [9.17, 15) is 4.79 Å². The van der Waals surface area contributed by atoms with Crippen LogP contribution in [-0.2, 0) is 24.9 Å². The molecule has 25 heavy (non-hydrogen) atoms. The van der Waals surface area contributed by atoms with E-state index in [1.807, 2.05) is 36.5 Å². The minimum atomic E-state index is -0.125. The van der Waals surface area contributed by atoms with Gasteiger partial charge in [0, 0.05) is 32.4 Å². The summed E-state index contributed by atoms with van der Waals surface area (Å²) in [5.41, 5.74) is 3.28. The van der Waals surface area contributed by atoms with Crippen LogP contribution in [0, 0.1) is 13.0 Å². The molecule has 0 spiro atoms. The number of aliphatic hydroxyl groups excluding tert-OH is 1. The first-order valence-electron chi connectivity index (χ1n) is 7.68. The molecule has 0 fully saturated rings. The number of allylic oxidation sites excluding steroid dienone is 2. The van der Waals surface area contributed by atoms with Crippen LogP contribution in [0.2, 0.25) is 0 Å². The first-order valence-corrected chi connectivity index (χ1v) is 7.68. The number of aryl methyl sites for hydroxylation is 1. The third-order valence-electron chi connectivity index (χ3n) is 3.43. The van der Waals surface area contributed by atoms with Crippen molar-refractivity contribution in [2.45, 2.75) is 20.8 Å². The summed E-state index contributed by atoms with van der Waals surface area (Å²) < 4.78 is 0. The monoisotopic (exact) mass is 511 g/mol. The number of ketones is 1. The quantitative estimate of drug-likeness (QED) is 0.298. The normalized spacial score (nSPS) is 10.4. The Morgan fingerprint density at radius 1 is 1.12 bits per heavy atom. The Balaban J connectivity index is 0.000000339. The van der Waals surface area contributed by atoms with Crippen molar-refractivity contribution in [3.05, 3.63) is 78.2 Å². The van der Waals surface area contributed by atoms with Crippen LogP contribution in [0.25, 0.3) is 22.0 Å². The van der Waals surface area contributed by atoms with Crippen molar-refractivity contribution in [3.8, 4) is 11.3 Å². The Kier molecular flexibility index (Phi) is 8.20. The van der Waals surface area contributed by atoms with Gasteiger partial charge in [0.1, 0.15) is 0 Å². The molecular weight excluding hydrogens is 490 g/mol. The summed E-state index contributed by atoms with van der Waals surface area (Å²) in [7, 11) is 0. The van der Waals surface area contributed by atoms with E-state index in [2.05, 4.69) is 36.2 Å². The van der Waals surface area contributed by atoms with E-state index < -0.39 is 0 Å². The van der Waals surface area contributed by atoms with Gasteiger partial charge in [-0.3, -0.25) is 4.79 Å². The van der Waals surface area contributed by atoms with Crippen molar-refractivity contribution < 1.29 is 30.0 Å². The number of aliphatic hydroxyl groups is 1. The summed E-state index contributed by atoms with van der Waals surface area (Å²) in [6.45, 7) is 4.96. The van der Waals surface area contributed by atoms with Gasteiger partial charge in [-0.05, 0) is 37.2 Å². The van der Waals surface area contributed by atoms with Crippen molar-refractivity contribution in [2.75, 3.05) is 0 Å². The first kappa shape index (κ1) is 20.8. The summed E-state index contributed by atoms with van der Waals surface area (Å²) in [5.74, 6) is -0.0625. The molecule has 0 aliphatic rings. The SMILES string of the molecule is CC(=O)C=C(C)O.Cc1c(-c2[c-]cccc2)ncc2ccccc12.[Ir]. The summed E-state index contributed by atoms with van der Waals surface area (Å²) >= 11 is 0. The molecule has 1 aromatic heterocycles. The molecule has 0 amide bonds. The average Bonchev–Trinajstić information content (AvgIpc) is 2.55. The van der Waals surface area contributed by atoms with E-state index in [0.717, 1.165) is 11.3 Å². The van der Waals surface area contributed by atoms with Gasteiger partial charge in [0.25, 0.3) is 0 Å². The van der Waals surface area contributed by atoms with E-state index in [0.29, 0.717) is 0 Å². The number of hydrogen-bond acceptors (Lipinski definition) is 3. The van der Waals surface area contributed by atoms with Crippen LogP contribution in [0.3, 0.4) is 0 Å². The molecule has 1 N–H and O–H groups in total. The fourth-order valence-corrected chi connectivity index (χ4v) is 2.42. The van der Waals surface area contributed by atoms with Gasteiger partial charge >= 0.3 is 0 Å². The maximum absolute atomic E-state index is 10.0. The molecule has 3 rings (SSSR count). The zero-order valence-electron chi connectivity index (χ0n) is 14.4. The molecular formula is C21H20IrNO2-. The number of benzene rings is 2. The van der Waals surface area contributed by atoms with Crippen LogP contribution in [0.4, 0.5) is 0 Å². The van der Waals surface area contributed by atoms with Crippen LogP contribution in [0.5, 0.6) is 0 Å². The van der Waals surface area contributed by atoms with Crippen LogP contribution < -0.4 is 0 Å². The summed E-state index contributed by atoms with van der Waals surface area (Å²) in [4.78, 5) is 14.6. The van der Waals surface area contributed by atoms with E-state index in [1.165, 1.54) is 36.3 Å². The van der Waals surface area contributed by atoms with Gasteiger partial charge in [0.2, 0.25) is 0 Å². The van der Waals surface area contributed by atoms with Crippen LogP contribution in [0.1, 0.15) is 19.4 Å². The standard InChI is InChI=1S/C16H12N.C5H8O2.Ir/c1-12-15-10-6-5-9-14(15)11-17-16(12)13-7-3-2-4-8-13;1-4(6)3-5(2)7;/h2-7,9-11H,1H3;3,6H,1-2H3;/q-1;;. The minimum Gasteiger partial charge on any atom is -0.512 e. The van der Waals surface area contributed by atoms with Gasteiger partial charge in [-0.15, -0.1) is 35.9 Å². The van der Waals surface area contributed by atoms with Gasteiger partial charge in [0.15, 0.2) is 5.78 Å². The van der Waals surface area contributed by atoms with Crippen molar-refractivity contribution >= 4 is 16.6 Å². The molecule has 0 aliphatic carbocycles. The Morgan fingerprint density at radius 2 is 1.80 bits per heavy atom. The number of pyridine rings is 1. The van der Waals surface area contributed by atoms with Gasteiger partial charge in [-0.2, -0.15) is 0 Å². The fraction of sp³-hybridized carbons (Fsp3) is 0.143. The maximum Gasteiger partial charge on any atom is 0.155 e. The topological polar surface area (TPSA) is 50.2 Å². The summed E-state index contributed by atoms with van der Waals surface area (Å²) in [6.07, 6.45) is 3.10. The molecule has 1 heterocycles. The third kappa shape index (κ3) is 5.93. The molecule has 131 valence electrons. The van der Waals surface area contributed by atoms with Crippen molar-refractivity contribution in [1.82, 2.24) is 4.98 Å². The largest absolute Gasteiger partial charge is 0.512 e. The molecule has 0 atom stereocenters. The second-order valence-electron chi connectivity index (χ2n) is 5.49. The zero-order valence-corrected chi connectivity index (χ0v) is 16.8. The average molecular weight is 511 g/mol. The summed E-state index contributed by atoms with van der Waals surface area (Å²) in [5, 5.41) is 10.8. The predicted molar refractivity (Wildman–Crippen MR) is 97.8 cm³/mol. The maximum atomic E-state index is 10.0. The predicted octanol–water partition coefficient (Wildman–Crippen LogP) is 5.05. The van der Waals surface area contributed by atoms with Crippen molar-refractivity contribution in [2.24, 2.45) is 0 Å². The van der Waals surface area contributed by atoms with Gasteiger partial charge in [-0.25, -0.2) is 0 Å². The smallest absolute Gasteiger partial charge is 0.155 e. The second-order valence-corrected chi connectivity index (χ2v) is 5.49. The van der Waals surface area contributed by atoms with E-state index in [4.69, 9.17) is 5.11 Å². The number of fused-ring (bicyclic) bond motifs is 1. The molecule has 0 saturated carbocycles. The van der Waals surface area contributed by atoms with E-state index in [-0.39, 0.29) is 31.6 Å². The van der Waals surface area contributed by atoms with Gasteiger partial charge in [0.05, 0.1) is 5.76 Å². The fourth-order valence-electron chi connectivity index (χ4n) is 2.42. The zero-order chi connectivity index (χ0) is 17.5. The first-order chi connectivity index (χ1) is 11.5. The minimum absolute atomic E-state index is 0. The van der Waals surface area contributed by atoms with E-state index >= 15 is 0 Å². The molecule has 0 saturated heterocycles.